The van der Waals surface area contributed by atoms with Gasteiger partial charge in [0.15, 0.2) is 9.84 Å². The fraction of sp³-hybridized carbons (Fsp3) is 0.500. The van der Waals surface area contributed by atoms with Crippen LogP contribution in [0.1, 0.15) is 12.5 Å². The van der Waals surface area contributed by atoms with E-state index in [1.807, 2.05) is 11.8 Å². The van der Waals surface area contributed by atoms with Crippen molar-refractivity contribution in [1.29, 1.82) is 0 Å². The van der Waals surface area contributed by atoms with E-state index in [0.717, 1.165) is 0 Å². The van der Waals surface area contributed by atoms with Crippen LogP contribution in [-0.2, 0) is 16.4 Å². The first kappa shape index (κ1) is 13.6. The molecule has 1 N–H and O–H groups in total. The van der Waals surface area contributed by atoms with Gasteiger partial charge in [-0.2, -0.15) is 0 Å². The molecule has 0 aromatic heterocycles. The molecule has 1 fully saturated rings. The Hall–Kier alpha value is -0.780. The molecule has 4 nitrogen and oxygen atoms in total. The highest BCUT2D eigenvalue weighted by Gasteiger charge is 2.28. The van der Waals surface area contributed by atoms with Gasteiger partial charge in [0.2, 0.25) is 0 Å². The third-order valence-electron chi connectivity index (χ3n) is 3.26. The summed E-state index contributed by atoms with van der Waals surface area (Å²) in [7, 11) is -2.91. The van der Waals surface area contributed by atoms with Crippen LogP contribution in [-0.4, -0.2) is 42.5 Å². The van der Waals surface area contributed by atoms with Gasteiger partial charge in [-0.25, -0.2) is 8.42 Å². The van der Waals surface area contributed by atoms with Crippen molar-refractivity contribution in [2.24, 2.45) is 0 Å². The van der Waals surface area contributed by atoms with Gasteiger partial charge in [0.05, 0.1) is 11.5 Å². The second kappa shape index (κ2) is 5.07. The molecule has 0 amide bonds. The number of aromatic hydroxyl groups is 1. The Morgan fingerprint density at radius 2 is 2.22 bits per heavy atom. The molecule has 0 aliphatic carbocycles. The Kier molecular flexibility index (Phi) is 3.84. The second-order valence-electron chi connectivity index (χ2n) is 4.67. The monoisotopic (exact) mass is 289 g/mol. The molecule has 0 spiro atoms. The van der Waals surface area contributed by atoms with Crippen molar-refractivity contribution in [3.05, 3.63) is 28.8 Å². The number of hydrogen-bond acceptors (Lipinski definition) is 4. The molecule has 1 saturated heterocycles. The van der Waals surface area contributed by atoms with Gasteiger partial charge in [0, 0.05) is 29.7 Å². The Balaban J connectivity index is 2.15. The van der Waals surface area contributed by atoms with Crippen LogP contribution in [0.5, 0.6) is 5.75 Å². The maximum absolute atomic E-state index is 11.5. The number of hydrogen-bond donors (Lipinski definition) is 1. The molecule has 1 aliphatic rings. The zero-order valence-corrected chi connectivity index (χ0v) is 11.7. The number of phenolic OH excluding ortho intramolecular Hbond substituents is 1. The molecule has 1 aromatic rings. The van der Waals surface area contributed by atoms with E-state index in [4.69, 9.17) is 11.6 Å². The third-order valence-corrected chi connectivity index (χ3v) is 5.41. The third kappa shape index (κ3) is 2.96. The fourth-order valence-electron chi connectivity index (χ4n) is 2.17. The minimum atomic E-state index is -2.91. The van der Waals surface area contributed by atoms with Crippen LogP contribution in [0, 0.1) is 0 Å². The predicted molar refractivity (Wildman–Crippen MR) is 71.6 cm³/mol. The van der Waals surface area contributed by atoms with Crippen molar-refractivity contribution in [3.63, 3.8) is 0 Å². The van der Waals surface area contributed by atoms with Crippen molar-refractivity contribution >= 4 is 21.4 Å². The van der Waals surface area contributed by atoms with Gasteiger partial charge in [0.1, 0.15) is 5.75 Å². The van der Waals surface area contributed by atoms with E-state index in [0.29, 0.717) is 23.7 Å². The standard InChI is InChI=1S/C12H16ClNO3S/c1-9-8-18(16,17)6-5-14(9)7-10-11(13)3-2-4-12(10)15/h2-4,9,15H,5-8H2,1H3. The molecule has 1 atom stereocenters. The molecule has 1 unspecified atom stereocenters. The Morgan fingerprint density at radius 3 is 2.83 bits per heavy atom. The molecular formula is C12H16ClNO3S. The maximum Gasteiger partial charge on any atom is 0.153 e. The average molecular weight is 290 g/mol. The van der Waals surface area contributed by atoms with E-state index >= 15 is 0 Å². The van der Waals surface area contributed by atoms with Crippen LogP contribution < -0.4 is 0 Å². The van der Waals surface area contributed by atoms with Crippen LogP contribution in [0.25, 0.3) is 0 Å². The summed E-state index contributed by atoms with van der Waals surface area (Å²) >= 11 is 6.05. The summed E-state index contributed by atoms with van der Waals surface area (Å²) in [6, 6.07) is 4.94. The molecule has 100 valence electrons. The lowest BCUT2D eigenvalue weighted by molar-refractivity contribution is 0.216. The van der Waals surface area contributed by atoms with Gasteiger partial charge in [-0.3, -0.25) is 4.90 Å². The maximum atomic E-state index is 11.5. The lowest BCUT2D eigenvalue weighted by atomic mass is 10.1. The zero-order chi connectivity index (χ0) is 13.3. The minimum Gasteiger partial charge on any atom is -0.508 e. The van der Waals surface area contributed by atoms with Crippen molar-refractivity contribution in [2.75, 3.05) is 18.1 Å². The quantitative estimate of drug-likeness (QED) is 0.900. The van der Waals surface area contributed by atoms with E-state index < -0.39 is 9.84 Å². The van der Waals surface area contributed by atoms with Crippen molar-refractivity contribution < 1.29 is 13.5 Å². The number of halogens is 1. The largest absolute Gasteiger partial charge is 0.508 e. The van der Waals surface area contributed by atoms with Gasteiger partial charge in [0.25, 0.3) is 0 Å². The highest BCUT2D eigenvalue weighted by molar-refractivity contribution is 7.91. The minimum absolute atomic E-state index is 0.0561. The second-order valence-corrected chi connectivity index (χ2v) is 7.31. The first-order valence-corrected chi connectivity index (χ1v) is 8.00. The normalized spacial score (nSPS) is 24.0. The van der Waals surface area contributed by atoms with E-state index in [-0.39, 0.29) is 23.3 Å². The Morgan fingerprint density at radius 1 is 1.50 bits per heavy atom. The van der Waals surface area contributed by atoms with Crippen LogP contribution in [0.2, 0.25) is 5.02 Å². The number of rotatable bonds is 2. The van der Waals surface area contributed by atoms with Crippen LogP contribution in [0.15, 0.2) is 18.2 Å². The molecule has 0 saturated carbocycles. The van der Waals surface area contributed by atoms with Gasteiger partial charge in [-0.05, 0) is 19.1 Å². The van der Waals surface area contributed by atoms with Gasteiger partial charge < -0.3 is 5.11 Å². The zero-order valence-electron chi connectivity index (χ0n) is 10.1. The van der Waals surface area contributed by atoms with Crippen molar-refractivity contribution in [1.82, 2.24) is 4.90 Å². The molecule has 2 rings (SSSR count). The lowest BCUT2D eigenvalue weighted by Gasteiger charge is -2.33. The number of nitrogens with zero attached hydrogens (tertiary/aromatic N) is 1. The SMILES string of the molecule is CC1CS(=O)(=O)CCN1Cc1c(O)cccc1Cl. The van der Waals surface area contributed by atoms with Crippen LogP contribution in [0.3, 0.4) is 0 Å². The molecular weight excluding hydrogens is 274 g/mol. The first-order chi connectivity index (χ1) is 8.39. The summed E-state index contributed by atoms with van der Waals surface area (Å²) in [5.41, 5.74) is 0.658. The Labute approximate surface area is 112 Å². The fourth-order valence-corrected chi connectivity index (χ4v) is 4.03. The van der Waals surface area contributed by atoms with Gasteiger partial charge in [-0.15, -0.1) is 0 Å². The summed E-state index contributed by atoms with van der Waals surface area (Å²) in [6.45, 7) is 2.83. The molecule has 6 heteroatoms. The van der Waals surface area contributed by atoms with Crippen molar-refractivity contribution in [2.45, 2.75) is 19.5 Å². The number of benzene rings is 1. The van der Waals surface area contributed by atoms with Crippen molar-refractivity contribution in [3.8, 4) is 5.75 Å². The van der Waals surface area contributed by atoms with Gasteiger partial charge in [-0.1, -0.05) is 17.7 Å². The highest BCUT2D eigenvalue weighted by Crippen LogP contribution is 2.28. The molecule has 1 aliphatic heterocycles. The molecule has 0 bridgehead atoms. The molecule has 0 radical (unpaired) electrons. The highest BCUT2D eigenvalue weighted by atomic mass is 35.5. The number of phenols is 1. The van der Waals surface area contributed by atoms with E-state index in [1.54, 1.807) is 18.2 Å². The molecule has 1 heterocycles. The van der Waals surface area contributed by atoms with Gasteiger partial charge >= 0.3 is 0 Å². The van der Waals surface area contributed by atoms with E-state index in [2.05, 4.69) is 0 Å². The topological polar surface area (TPSA) is 57.6 Å². The van der Waals surface area contributed by atoms with E-state index in [1.165, 1.54) is 0 Å². The smallest absolute Gasteiger partial charge is 0.153 e. The number of sulfone groups is 1. The lowest BCUT2D eigenvalue weighted by Crippen LogP contribution is -2.46. The summed E-state index contributed by atoms with van der Waals surface area (Å²) in [5.74, 6) is 0.490. The Bertz CT molecular complexity index is 524. The van der Waals surface area contributed by atoms with Crippen LogP contribution >= 0.6 is 11.6 Å². The summed E-state index contributed by atoms with van der Waals surface area (Å²) in [5, 5.41) is 10.3. The molecule has 1 aromatic carbocycles. The first-order valence-electron chi connectivity index (χ1n) is 5.80. The predicted octanol–water partition coefficient (Wildman–Crippen LogP) is 1.66. The average Bonchev–Trinajstić information content (AvgIpc) is 2.25. The van der Waals surface area contributed by atoms with Crippen LogP contribution in [0.4, 0.5) is 0 Å². The van der Waals surface area contributed by atoms with E-state index in [9.17, 15) is 13.5 Å². The summed E-state index contributed by atoms with van der Waals surface area (Å²) < 4.78 is 23.0. The summed E-state index contributed by atoms with van der Waals surface area (Å²) in [6.07, 6.45) is 0. The summed E-state index contributed by atoms with van der Waals surface area (Å²) in [4.78, 5) is 2.03. The molecule has 18 heavy (non-hydrogen) atoms.